The molecule has 0 atom stereocenters. The maximum absolute atomic E-state index is 5.38. The van der Waals surface area contributed by atoms with Crippen LogP contribution in [0.5, 0.6) is 5.75 Å². The van der Waals surface area contributed by atoms with Crippen molar-refractivity contribution in [3.05, 3.63) is 123 Å². The van der Waals surface area contributed by atoms with Crippen LogP contribution in [0.15, 0.2) is 90.3 Å². The van der Waals surface area contributed by atoms with Gasteiger partial charge in [-0.3, -0.25) is 0 Å². The van der Waals surface area contributed by atoms with Gasteiger partial charge in [-0.2, -0.15) is 0 Å². The van der Waals surface area contributed by atoms with Gasteiger partial charge in [-0.1, -0.05) is 66.7 Å². The van der Waals surface area contributed by atoms with Crippen molar-refractivity contribution >= 4 is 33.6 Å². The third kappa shape index (κ3) is 2.33. The highest BCUT2D eigenvalue weighted by Gasteiger charge is 2.37. The lowest BCUT2D eigenvalue weighted by Gasteiger charge is -2.10. The van der Waals surface area contributed by atoms with Crippen molar-refractivity contribution in [2.24, 2.45) is 0 Å². The van der Waals surface area contributed by atoms with Crippen molar-refractivity contribution in [2.75, 3.05) is 7.11 Å². The highest BCUT2D eigenvalue weighted by Crippen LogP contribution is 2.59. The van der Waals surface area contributed by atoms with E-state index in [-0.39, 0.29) is 0 Å². The number of hydrogen-bond acceptors (Lipinski definition) is 2. The highest BCUT2D eigenvalue weighted by atomic mass is 32.1. The zero-order valence-electron chi connectivity index (χ0n) is 16.0. The van der Waals surface area contributed by atoms with E-state index in [9.17, 15) is 0 Å². The molecule has 0 amide bonds. The maximum atomic E-state index is 5.38. The molecule has 1 nitrogen and oxygen atoms in total. The Hall–Kier alpha value is -3.36. The number of allylic oxidation sites excluding steroid dienone is 2. The number of hydrogen-bond donors (Lipinski definition) is 0. The fourth-order valence-electron chi connectivity index (χ4n) is 4.60. The average molecular weight is 391 g/mol. The number of thiophene rings is 1. The van der Waals surface area contributed by atoms with Crippen molar-refractivity contribution in [3.8, 4) is 5.75 Å². The summed E-state index contributed by atoms with van der Waals surface area (Å²) in [4.78, 5) is 1.38. The molecule has 2 aliphatic carbocycles. The number of ether oxygens (including phenoxy) is 1. The molecule has 6 rings (SSSR count). The van der Waals surface area contributed by atoms with Gasteiger partial charge < -0.3 is 4.74 Å². The number of rotatable bonds is 3. The summed E-state index contributed by atoms with van der Waals surface area (Å²) in [5.74, 6) is 0.884. The minimum Gasteiger partial charge on any atom is -0.497 e. The molecule has 29 heavy (non-hydrogen) atoms. The SMILES string of the molecule is COc1ccc(C2=C3C(=C(c4ccccc4)c4ccsc43)c3ccccc32)cc1. The molecule has 0 unspecified atom stereocenters. The first-order chi connectivity index (χ1) is 14.4. The molecule has 0 saturated carbocycles. The summed E-state index contributed by atoms with van der Waals surface area (Å²) in [7, 11) is 1.71. The molecular formula is C27H18OS. The van der Waals surface area contributed by atoms with E-state index in [1.54, 1.807) is 7.11 Å². The van der Waals surface area contributed by atoms with Crippen molar-refractivity contribution in [1.82, 2.24) is 0 Å². The van der Waals surface area contributed by atoms with E-state index in [0.29, 0.717) is 0 Å². The van der Waals surface area contributed by atoms with Gasteiger partial charge in [-0.05, 0) is 57.0 Å². The van der Waals surface area contributed by atoms with Crippen LogP contribution in [0.2, 0.25) is 0 Å². The summed E-state index contributed by atoms with van der Waals surface area (Å²) in [6.07, 6.45) is 0. The second-order valence-electron chi connectivity index (χ2n) is 7.30. The van der Waals surface area contributed by atoms with E-state index in [1.165, 1.54) is 55.0 Å². The molecule has 0 bridgehead atoms. The zero-order valence-corrected chi connectivity index (χ0v) is 16.8. The van der Waals surface area contributed by atoms with Crippen LogP contribution in [0.25, 0.3) is 22.3 Å². The highest BCUT2D eigenvalue weighted by molar-refractivity contribution is 7.12. The van der Waals surface area contributed by atoms with Crippen LogP contribution in [-0.2, 0) is 0 Å². The number of benzene rings is 3. The fourth-order valence-corrected chi connectivity index (χ4v) is 5.56. The minimum atomic E-state index is 0.884. The molecule has 0 N–H and O–H groups in total. The van der Waals surface area contributed by atoms with E-state index in [4.69, 9.17) is 4.74 Å². The Morgan fingerprint density at radius 2 is 1.17 bits per heavy atom. The molecule has 4 aromatic rings. The summed E-state index contributed by atoms with van der Waals surface area (Å²) < 4.78 is 5.38. The summed E-state index contributed by atoms with van der Waals surface area (Å²) >= 11 is 1.84. The van der Waals surface area contributed by atoms with Gasteiger partial charge in [0.2, 0.25) is 0 Å². The molecule has 0 fully saturated rings. The summed E-state index contributed by atoms with van der Waals surface area (Å²) in [6, 6.07) is 30.3. The predicted octanol–water partition coefficient (Wildman–Crippen LogP) is 7.00. The molecule has 2 aliphatic rings. The Kier molecular flexibility index (Phi) is 3.62. The van der Waals surface area contributed by atoms with Gasteiger partial charge in [0.15, 0.2) is 0 Å². The lowest BCUT2D eigenvalue weighted by atomic mass is 9.94. The van der Waals surface area contributed by atoms with Crippen molar-refractivity contribution < 1.29 is 4.74 Å². The molecule has 0 aliphatic heterocycles. The Morgan fingerprint density at radius 3 is 1.90 bits per heavy atom. The van der Waals surface area contributed by atoms with Gasteiger partial charge in [0.05, 0.1) is 7.11 Å². The van der Waals surface area contributed by atoms with Crippen LogP contribution in [0.4, 0.5) is 0 Å². The lowest BCUT2D eigenvalue weighted by Crippen LogP contribution is -1.91. The van der Waals surface area contributed by atoms with Gasteiger partial charge in [0.25, 0.3) is 0 Å². The second kappa shape index (κ2) is 6.33. The molecule has 3 aromatic carbocycles. The second-order valence-corrected chi connectivity index (χ2v) is 8.22. The summed E-state index contributed by atoms with van der Waals surface area (Å²) in [5.41, 5.74) is 11.9. The topological polar surface area (TPSA) is 9.23 Å². The summed E-state index contributed by atoms with van der Waals surface area (Å²) in [6.45, 7) is 0. The quantitative estimate of drug-likeness (QED) is 0.366. The van der Waals surface area contributed by atoms with Gasteiger partial charge in [-0.15, -0.1) is 11.3 Å². The van der Waals surface area contributed by atoms with E-state index < -0.39 is 0 Å². The number of methoxy groups -OCH3 is 1. The van der Waals surface area contributed by atoms with E-state index in [1.807, 2.05) is 11.3 Å². The largest absolute Gasteiger partial charge is 0.497 e. The third-order valence-corrected chi connectivity index (χ3v) is 6.75. The number of fused-ring (bicyclic) bond motifs is 5. The first kappa shape index (κ1) is 16.6. The monoisotopic (exact) mass is 390 g/mol. The van der Waals surface area contributed by atoms with E-state index in [2.05, 4.69) is 90.3 Å². The van der Waals surface area contributed by atoms with Crippen LogP contribution in [0.1, 0.15) is 32.7 Å². The van der Waals surface area contributed by atoms with Gasteiger partial charge in [0.1, 0.15) is 5.75 Å². The molecular weight excluding hydrogens is 372 g/mol. The molecule has 0 radical (unpaired) electrons. The van der Waals surface area contributed by atoms with Gasteiger partial charge >= 0.3 is 0 Å². The Balaban J connectivity index is 1.71. The normalized spacial score (nSPS) is 14.1. The summed E-state index contributed by atoms with van der Waals surface area (Å²) in [5, 5.41) is 2.21. The molecule has 1 aromatic heterocycles. The van der Waals surface area contributed by atoms with E-state index in [0.717, 1.165) is 5.75 Å². The fraction of sp³-hybridized carbons (Fsp3) is 0.0370. The molecule has 138 valence electrons. The molecule has 2 heteroatoms. The van der Waals surface area contributed by atoms with E-state index >= 15 is 0 Å². The Bertz CT molecular complexity index is 1300. The average Bonchev–Trinajstić information content (AvgIpc) is 3.45. The van der Waals surface area contributed by atoms with Crippen LogP contribution in [0, 0.1) is 0 Å². The minimum absolute atomic E-state index is 0.884. The molecule has 0 saturated heterocycles. The molecule has 1 heterocycles. The zero-order chi connectivity index (χ0) is 19.4. The first-order valence-corrected chi connectivity index (χ1v) is 10.6. The predicted molar refractivity (Wildman–Crippen MR) is 122 cm³/mol. The Morgan fingerprint density at radius 1 is 0.552 bits per heavy atom. The van der Waals surface area contributed by atoms with Crippen molar-refractivity contribution in [2.45, 2.75) is 0 Å². The van der Waals surface area contributed by atoms with Crippen molar-refractivity contribution in [1.29, 1.82) is 0 Å². The van der Waals surface area contributed by atoms with Crippen LogP contribution in [-0.4, -0.2) is 7.11 Å². The van der Waals surface area contributed by atoms with Crippen LogP contribution >= 0.6 is 11.3 Å². The van der Waals surface area contributed by atoms with Crippen molar-refractivity contribution in [3.63, 3.8) is 0 Å². The first-order valence-electron chi connectivity index (χ1n) is 9.73. The third-order valence-electron chi connectivity index (χ3n) is 5.82. The standard InChI is InChI=1S/C27H18OS/c1-28-19-13-11-18(12-14-19)23-20-9-5-6-10-21(20)25-24(17-7-3-2-4-8-17)22-15-16-29-27(22)26(23)25/h2-16H,1H3. The maximum Gasteiger partial charge on any atom is 0.118 e. The molecule has 0 spiro atoms. The van der Waals surface area contributed by atoms with Gasteiger partial charge in [-0.25, -0.2) is 0 Å². The van der Waals surface area contributed by atoms with Gasteiger partial charge in [0, 0.05) is 21.6 Å². The van der Waals surface area contributed by atoms with Crippen LogP contribution in [0.3, 0.4) is 0 Å². The smallest absolute Gasteiger partial charge is 0.118 e. The van der Waals surface area contributed by atoms with Crippen LogP contribution < -0.4 is 4.74 Å². The lowest BCUT2D eigenvalue weighted by molar-refractivity contribution is 0.415. The Labute approximate surface area is 174 Å².